The number of ether oxygens (including phenoxy) is 1. The van der Waals surface area contributed by atoms with E-state index in [2.05, 4.69) is 10.2 Å². The predicted octanol–water partition coefficient (Wildman–Crippen LogP) is 6.04. The van der Waals surface area contributed by atoms with Crippen molar-refractivity contribution in [3.05, 3.63) is 119 Å². The van der Waals surface area contributed by atoms with Gasteiger partial charge >= 0.3 is 11.9 Å². The maximum atomic E-state index is 13.9. The first-order valence-corrected chi connectivity index (χ1v) is 13.5. The molecule has 2 aliphatic rings. The Morgan fingerprint density at radius 2 is 1.07 bits per heavy atom. The zero-order valence-electron chi connectivity index (χ0n) is 22.5. The molecular formula is C34H17N3O7. The fourth-order valence-electron chi connectivity index (χ4n) is 5.80. The van der Waals surface area contributed by atoms with E-state index in [4.69, 9.17) is 9.15 Å². The molecule has 0 bridgehead atoms. The van der Waals surface area contributed by atoms with E-state index in [1.807, 2.05) is 30.3 Å². The summed E-state index contributed by atoms with van der Waals surface area (Å²) in [4.78, 5) is 53.5. The Kier molecular flexibility index (Phi) is 5.35. The van der Waals surface area contributed by atoms with Gasteiger partial charge in [-0.25, -0.2) is 14.5 Å². The number of nitrogens with zero attached hydrogens (tertiary/aromatic N) is 3. The SMILES string of the molecule is O=C1OC(=O)c2ccc3c4c(ccc1c24)C(=O)N(c1cccc(-c2ccccc2-c2nnc(-c4ccccc4)o2)c1O)C3=O. The molecule has 0 saturated carbocycles. The minimum Gasteiger partial charge on any atom is -0.505 e. The van der Waals surface area contributed by atoms with E-state index < -0.39 is 23.8 Å². The molecule has 6 aromatic rings. The number of esters is 2. The largest absolute Gasteiger partial charge is 0.505 e. The average molecular weight is 580 g/mol. The maximum Gasteiger partial charge on any atom is 0.346 e. The first-order chi connectivity index (χ1) is 21.4. The highest BCUT2D eigenvalue weighted by Gasteiger charge is 2.39. The zero-order valence-corrected chi connectivity index (χ0v) is 22.5. The molecule has 210 valence electrons. The van der Waals surface area contributed by atoms with Gasteiger partial charge < -0.3 is 14.3 Å². The summed E-state index contributed by atoms with van der Waals surface area (Å²) in [7, 11) is 0. The van der Waals surface area contributed by atoms with Crippen LogP contribution in [0.25, 0.3) is 44.8 Å². The van der Waals surface area contributed by atoms with Crippen molar-refractivity contribution < 1.29 is 33.4 Å². The molecule has 0 aliphatic carbocycles. The van der Waals surface area contributed by atoms with Crippen LogP contribution in [0.2, 0.25) is 0 Å². The molecule has 2 amide bonds. The normalized spacial score (nSPS) is 13.9. The van der Waals surface area contributed by atoms with E-state index >= 15 is 0 Å². The van der Waals surface area contributed by atoms with Gasteiger partial charge in [0.25, 0.3) is 11.8 Å². The second-order valence-corrected chi connectivity index (χ2v) is 10.2. The molecular weight excluding hydrogens is 562 g/mol. The highest BCUT2D eigenvalue weighted by molar-refractivity contribution is 6.38. The van der Waals surface area contributed by atoms with Gasteiger partial charge in [-0.05, 0) is 54.1 Å². The molecule has 1 aromatic heterocycles. The number of cyclic esters (lactones) is 2. The number of carbonyl (C=O) groups is 4. The molecule has 10 nitrogen and oxygen atoms in total. The van der Waals surface area contributed by atoms with E-state index in [1.54, 1.807) is 36.4 Å². The number of phenolic OH excluding ortho intramolecular Hbond substituents is 1. The fraction of sp³-hybridized carbons (Fsp3) is 0. The predicted molar refractivity (Wildman–Crippen MR) is 157 cm³/mol. The van der Waals surface area contributed by atoms with Crippen LogP contribution >= 0.6 is 0 Å². The topological polar surface area (TPSA) is 140 Å². The second kappa shape index (κ2) is 9.30. The lowest BCUT2D eigenvalue weighted by Crippen LogP contribution is -2.41. The van der Waals surface area contributed by atoms with E-state index in [0.29, 0.717) is 22.6 Å². The number of carbonyl (C=O) groups excluding carboxylic acids is 4. The third kappa shape index (κ3) is 3.54. The van der Waals surface area contributed by atoms with E-state index in [-0.39, 0.29) is 50.4 Å². The van der Waals surface area contributed by atoms with Crippen LogP contribution in [0.4, 0.5) is 5.69 Å². The van der Waals surface area contributed by atoms with Gasteiger partial charge in [0.15, 0.2) is 0 Å². The number of anilines is 1. The van der Waals surface area contributed by atoms with Gasteiger partial charge in [-0.15, -0.1) is 10.2 Å². The Morgan fingerprint density at radius 3 is 1.75 bits per heavy atom. The van der Waals surface area contributed by atoms with Crippen LogP contribution in [-0.4, -0.2) is 39.1 Å². The lowest BCUT2D eigenvalue weighted by molar-refractivity contribution is 0.0390. The molecule has 0 spiro atoms. The van der Waals surface area contributed by atoms with Crippen LogP contribution < -0.4 is 4.90 Å². The quantitative estimate of drug-likeness (QED) is 0.150. The number of imide groups is 1. The van der Waals surface area contributed by atoms with Gasteiger partial charge in [0, 0.05) is 38.6 Å². The highest BCUT2D eigenvalue weighted by atomic mass is 16.6. The number of benzene rings is 5. The average Bonchev–Trinajstić information content (AvgIpc) is 3.54. The van der Waals surface area contributed by atoms with Crippen molar-refractivity contribution in [2.45, 2.75) is 0 Å². The lowest BCUT2D eigenvalue weighted by Gasteiger charge is -2.29. The van der Waals surface area contributed by atoms with Gasteiger partial charge in [0.05, 0.1) is 16.8 Å². The summed E-state index contributed by atoms with van der Waals surface area (Å²) < 4.78 is 10.8. The molecule has 3 heterocycles. The number of aromatic hydroxyl groups is 1. The number of aromatic nitrogens is 2. The standard InChI is InChI=1S/C34H17N3O7/c38-28-19(18-9-4-5-10-20(18)30-36-35-29(43-30)17-7-2-1-3-8-17)11-6-12-25(28)37-31(39)21-13-15-23-27-24(34(42)44-33(23)41)16-14-22(26(21)27)32(37)40/h1-16,38H. The number of rotatable bonds is 4. The summed E-state index contributed by atoms with van der Waals surface area (Å²) in [5.74, 6) is -2.92. The van der Waals surface area contributed by atoms with Gasteiger partial charge in [-0.2, -0.15) is 0 Å². The summed E-state index contributed by atoms with van der Waals surface area (Å²) >= 11 is 0. The summed E-state index contributed by atoms with van der Waals surface area (Å²) in [5, 5.41) is 20.4. The van der Waals surface area contributed by atoms with Gasteiger partial charge in [-0.3, -0.25) is 9.59 Å². The molecule has 8 rings (SSSR count). The molecule has 0 saturated heterocycles. The summed E-state index contributed by atoms with van der Waals surface area (Å²) in [5.41, 5.74) is 2.48. The summed E-state index contributed by atoms with van der Waals surface area (Å²) in [6.45, 7) is 0. The summed E-state index contributed by atoms with van der Waals surface area (Å²) in [6, 6.07) is 26.8. The second-order valence-electron chi connectivity index (χ2n) is 10.2. The molecule has 0 radical (unpaired) electrons. The molecule has 1 N–H and O–H groups in total. The van der Waals surface area contributed by atoms with Crippen molar-refractivity contribution in [1.82, 2.24) is 10.2 Å². The molecule has 44 heavy (non-hydrogen) atoms. The Hall–Kier alpha value is -6.42. The molecule has 0 unspecified atom stereocenters. The number of amides is 2. The number of para-hydroxylation sites is 1. The molecule has 2 aliphatic heterocycles. The van der Waals surface area contributed by atoms with Crippen molar-refractivity contribution >= 4 is 40.2 Å². The fourth-order valence-corrected chi connectivity index (χ4v) is 5.80. The Morgan fingerprint density at radius 1 is 0.523 bits per heavy atom. The van der Waals surface area contributed by atoms with Gasteiger partial charge in [-0.1, -0.05) is 48.5 Å². The lowest BCUT2D eigenvalue weighted by atomic mass is 9.87. The van der Waals surface area contributed by atoms with Crippen molar-refractivity contribution in [3.63, 3.8) is 0 Å². The third-order valence-electron chi connectivity index (χ3n) is 7.80. The van der Waals surface area contributed by atoms with Crippen molar-refractivity contribution in [2.75, 3.05) is 4.90 Å². The van der Waals surface area contributed by atoms with Crippen LogP contribution in [0, 0.1) is 0 Å². The van der Waals surface area contributed by atoms with Crippen LogP contribution in [0.5, 0.6) is 5.75 Å². The molecule has 5 aromatic carbocycles. The monoisotopic (exact) mass is 579 g/mol. The van der Waals surface area contributed by atoms with E-state index in [1.165, 1.54) is 30.3 Å². The minimum absolute atomic E-state index is 0.0441. The van der Waals surface area contributed by atoms with Gasteiger partial charge in [0.1, 0.15) is 5.75 Å². The van der Waals surface area contributed by atoms with Crippen molar-refractivity contribution in [3.8, 4) is 39.8 Å². The van der Waals surface area contributed by atoms with E-state index in [0.717, 1.165) is 10.5 Å². The number of hydrogen-bond acceptors (Lipinski definition) is 9. The Bertz CT molecular complexity index is 2190. The van der Waals surface area contributed by atoms with Crippen LogP contribution in [0.1, 0.15) is 41.4 Å². The maximum absolute atomic E-state index is 13.9. The number of hydrogen-bond donors (Lipinski definition) is 1. The minimum atomic E-state index is -0.852. The van der Waals surface area contributed by atoms with Crippen molar-refractivity contribution in [2.24, 2.45) is 0 Å². The van der Waals surface area contributed by atoms with Crippen LogP contribution in [0.3, 0.4) is 0 Å². The molecule has 0 atom stereocenters. The first kappa shape index (κ1) is 25.3. The number of phenols is 1. The van der Waals surface area contributed by atoms with Crippen molar-refractivity contribution in [1.29, 1.82) is 0 Å². The highest BCUT2D eigenvalue weighted by Crippen LogP contribution is 2.45. The third-order valence-corrected chi connectivity index (χ3v) is 7.80. The van der Waals surface area contributed by atoms with E-state index in [9.17, 15) is 24.3 Å². The Labute approximate surface area is 247 Å². The van der Waals surface area contributed by atoms with Crippen LogP contribution in [0.15, 0.2) is 101 Å². The van der Waals surface area contributed by atoms with Gasteiger partial charge in [0.2, 0.25) is 11.8 Å². The Balaban J connectivity index is 1.24. The zero-order chi connectivity index (χ0) is 30.1. The van der Waals surface area contributed by atoms with Crippen LogP contribution in [-0.2, 0) is 4.74 Å². The first-order valence-electron chi connectivity index (χ1n) is 13.5. The summed E-state index contributed by atoms with van der Waals surface area (Å²) in [6.07, 6.45) is 0. The molecule has 0 fully saturated rings. The smallest absolute Gasteiger partial charge is 0.346 e. The molecule has 10 heteroatoms.